The van der Waals surface area contributed by atoms with E-state index in [2.05, 4.69) is 34.3 Å². The maximum Gasteiger partial charge on any atom is 0.0710 e. The molecular formula is C15H22N4O. The van der Waals surface area contributed by atoms with Crippen molar-refractivity contribution in [1.29, 1.82) is 0 Å². The number of hydrogen-bond donors (Lipinski definition) is 3. The van der Waals surface area contributed by atoms with Crippen molar-refractivity contribution in [2.45, 2.75) is 32.9 Å². The first-order chi connectivity index (χ1) is 9.66. The van der Waals surface area contributed by atoms with Gasteiger partial charge in [-0.3, -0.25) is 10.1 Å². The van der Waals surface area contributed by atoms with Gasteiger partial charge in [0.25, 0.3) is 0 Å². The van der Waals surface area contributed by atoms with E-state index in [9.17, 15) is 5.11 Å². The average Bonchev–Trinajstić information content (AvgIpc) is 2.87. The van der Waals surface area contributed by atoms with Crippen LogP contribution in [0, 0.1) is 5.92 Å². The van der Waals surface area contributed by atoms with Gasteiger partial charge in [-0.1, -0.05) is 13.8 Å². The molecule has 0 amide bonds. The third kappa shape index (κ3) is 4.15. The zero-order valence-corrected chi connectivity index (χ0v) is 12.0. The van der Waals surface area contributed by atoms with E-state index in [4.69, 9.17) is 0 Å². The van der Waals surface area contributed by atoms with Gasteiger partial charge in [0.2, 0.25) is 0 Å². The van der Waals surface area contributed by atoms with Crippen LogP contribution in [0.2, 0.25) is 0 Å². The smallest absolute Gasteiger partial charge is 0.0710 e. The summed E-state index contributed by atoms with van der Waals surface area (Å²) < 4.78 is 0. The second-order valence-electron chi connectivity index (χ2n) is 5.43. The van der Waals surface area contributed by atoms with Gasteiger partial charge in [0.05, 0.1) is 18.0 Å². The molecule has 0 aliphatic heterocycles. The lowest BCUT2D eigenvalue weighted by Gasteiger charge is -2.13. The highest BCUT2D eigenvalue weighted by Gasteiger charge is 2.09. The molecular weight excluding hydrogens is 252 g/mol. The Hall–Kier alpha value is -1.72. The molecule has 5 nitrogen and oxygen atoms in total. The molecule has 0 spiro atoms. The molecule has 0 saturated heterocycles. The van der Waals surface area contributed by atoms with Crippen LogP contribution < -0.4 is 5.32 Å². The summed E-state index contributed by atoms with van der Waals surface area (Å²) in [6.45, 7) is 5.49. The number of hydrogen-bond acceptors (Lipinski definition) is 4. The maximum absolute atomic E-state index is 9.84. The van der Waals surface area contributed by atoms with Crippen molar-refractivity contribution in [3.05, 3.63) is 36.3 Å². The van der Waals surface area contributed by atoms with Gasteiger partial charge in [-0.2, -0.15) is 5.10 Å². The third-order valence-corrected chi connectivity index (χ3v) is 3.11. The molecule has 0 aliphatic rings. The molecule has 20 heavy (non-hydrogen) atoms. The van der Waals surface area contributed by atoms with E-state index in [1.165, 1.54) is 0 Å². The van der Waals surface area contributed by atoms with Crippen LogP contribution >= 0.6 is 0 Å². The fraction of sp³-hybridized carbons (Fsp3) is 0.467. The van der Waals surface area contributed by atoms with Crippen molar-refractivity contribution < 1.29 is 5.11 Å². The number of aliphatic hydroxyl groups excluding tert-OH is 1. The lowest BCUT2D eigenvalue weighted by atomic mass is 10.1. The fourth-order valence-electron chi connectivity index (χ4n) is 2.21. The highest BCUT2D eigenvalue weighted by molar-refractivity contribution is 5.61. The van der Waals surface area contributed by atoms with Crippen LogP contribution in [0.5, 0.6) is 0 Å². The van der Waals surface area contributed by atoms with Crippen LogP contribution in [0.3, 0.4) is 0 Å². The number of pyridine rings is 1. The number of aromatic amines is 1. The summed E-state index contributed by atoms with van der Waals surface area (Å²) in [5, 5.41) is 20.2. The third-order valence-electron chi connectivity index (χ3n) is 3.11. The van der Waals surface area contributed by atoms with Gasteiger partial charge in [0.1, 0.15) is 0 Å². The van der Waals surface area contributed by atoms with Gasteiger partial charge < -0.3 is 10.4 Å². The molecule has 0 bridgehead atoms. The van der Waals surface area contributed by atoms with E-state index < -0.39 is 0 Å². The normalized spacial score (nSPS) is 12.8. The molecule has 1 atom stereocenters. The van der Waals surface area contributed by atoms with E-state index in [0.29, 0.717) is 19.0 Å². The Morgan fingerprint density at radius 2 is 2.20 bits per heavy atom. The predicted octanol–water partition coefficient (Wildman–Crippen LogP) is 1.97. The van der Waals surface area contributed by atoms with Gasteiger partial charge in [0, 0.05) is 36.6 Å². The number of rotatable bonds is 7. The highest BCUT2D eigenvalue weighted by atomic mass is 16.3. The molecule has 2 heterocycles. The number of H-pyrrole nitrogens is 1. The summed E-state index contributed by atoms with van der Waals surface area (Å²) in [5.41, 5.74) is 3.07. The van der Waals surface area contributed by atoms with Crippen LogP contribution in [0.1, 0.15) is 25.8 Å². The standard InChI is InChI=1S/C15H22N4O/c1-11(2)6-14(20)10-17-8-13-9-18-19-15(13)12-4-3-5-16-7-12/h3-5,7,9,11,14,17,20H,6,8,10H2,1-2H3,(H,18,19). The summed E-state index contributed by atoms with van der Waals surface area (Å²) in [4.78, 5) is 4.11. The molecule has 2 aromatic heterocycles. The van der Waals surface area contributed by atoms with Gasteiger partial charge in [-0.15, -0.1) is 0 Å². The average molecular weight is 274 g/mol. The van der Waals surface area contributed by atoms with Crippen LogP contribution in [-0.4, -0.2) is 32.9 Å². The molecule has 0 aromatic carbocycles. The van der Waals surface area contributed by atoms with Crippen molar-refractivity contribution in [2.75, 3.05) is 6.54 Å². The summed E-state index contributed by atoms with van der Waals surface area (Å²) in [7, 11) is 0. The second-order valence-corrected chi connectivity index (χ2v) is 5.43. The van der Waals surface area contributed by atoms with Crippen molar-refractivity contribution in [3.8, 4) is 11.3 Å². The van der Waals surface area contributed by atoms with Gasteiger partial charge in [-0.05, 0) is 24.5 Å². The van der Waals surface area contributed by atoms with E-state index in [1.807, 2.05) is 24.5 Å². The maximum atomic E-state index is 9.84. The second kappa shape index (κ2) is 7.17. The van der Waals surface area contributed by atoms with Gasteiger partial charge in [0.15, 0.2) is 0 Å². The molecule has 0 fully saturated rings. The first kappa shape index (κ1) is 14.7. The first-order valence-corrected chi connectivity index (χ1v) is 6.98. The largest absolute Gasteiger partial charge is 0.392 e. The summed E-state index contributed by atoms with van der Waals surface area (Å²) in [6.07, 6.45) is 5.88. The Kier molecular flexibility index (Phi) is 5.26. The SMILES string of the molecule is CC(C)CC(O)CNCc1cn[nH]c1-c1cccnc1. The molecule has 0 aliphatic carbocycles. The van der Waals surface area contributed by atoms with E-state index in [1.54, 1.807) is 6.20 Å². The van der Waals surface area contributed by atoms with Crippen LogP contribution in [0.4, 0.5) is 0 Å². The number of nitrogens with zero attached hydrogens (tertiary/aromatic N) is 2. The molecule has 5 heteroatoms. The van der Waals surface area contributed by atoms with Crippen molar-refractivity contribution in [2.24, 2.45) is 5.92 Å². The minimum Gasteiger partial charge on any atom is -0.392 e. The van der Waals surface area contributed by atoms with Crippen LogP contribution in [-0.2, 0) is 6.54 Å². The molecule has 1 unspecified atom stereocenters. The molecule has 0 radical (unpaired) electrons. The van der Waals surface area contributed by atoms with Gasteiger partial charge in [-0.25, -0.2) is 0 Å². The Morgan fingerprint density at radius 3 is 2.90 bits per heavy atom. The van der Waals surface area contributed by atoms with Crippen molar-refractivity contribution in [3.63, 3.8) is 0 Å². The molecule has 3 N–H and O–H groups in total. The van der Waals surface area contributed by atoms with E-state index in [0.717, 1.165) is 23.2 Å². The Balaban J connectivity index is 1.90. The molecule has 108 valence electrons. The van der Waals surface area contributed by atoms with Crippen LogP contribution in [0.15, 0.2) is 30.7 Å². The topological polar surface area (TPSA) is 73.8 Å². The first-order valence-electron chi connectivity index (χ1n) is 6.98. The van der Waals surface area contributed by atoms with Crippen LogP contribution in [0.25, 0.3) is 11.3 Å². The lowest BCUT2D eigenvalue weighted by molar-refractivity contribution is 0.146. The van der Waals surface area contributed by atoms with Crippen molar-refractivity contribution >= 4 is 0 Å². The minimum atomic E-state index is -0.302. The zero-order chi connectivity index (χ0) is 14.4. The van der Waals surface area contributed by atoms with Gasteiger partial charge >= 0.3 is 0 Å². The lowest BCUT2D eigenvalue weighted by Crippen LogP contribution is -2.27. The Labute approximate surface area is 119 Å². The highest BCUT2D eigenvalue weighted by Crippen LogP contribution is 2.19. The van der Waals surface area contributed by atoms with Crippen molar-refractivity contribution in [1.82, 2.24) is 20.5 Å². The zero-order valence-electron chi connectivity index (χ0n) is 12.0. The fourth-order valence-corrected chi connectivity index (χ4v) is 2.21. The summed E-state index contributed by atoms with van der Waals surface area (Å²) in [6, 6.07) is 3.90. The molecule has 0 saturated carbocycles. The monoisotopic (exact) mass is 274 g/mol. The summed E-state index contributed by atoms with van der Waals surface area (Å²) >= 11 is 0. The Bertz CT molecular complexity index is 510. The van der Waals surface area contributed by atoms with E-state index >= 15 is 0 Å². The predicted molar refractivity (Wildman–Crippen MR) is 79.0 cm³/mol. The number of aromatic nitrogens is 3. The van der Waals surface area contributed by atoms with E-state index in [-0.39, 0.29) is 6.10 Å². The summed E-state index contributed by atoms with van der Waals surface area (Å²) in [5.74, 6) is 0.506. The quantitative estimate of drug-likeness (QED) is 0.721. The number of nitrogens with one attached hydrogen (secondary N) is 2. The molecule has 2 aromatic rings. The Morgan fingerprint density at radius 1 is 1.35 bits per heavy atom. The molecule has 2 rings (SSSR count). The number of aliphatic hydroxyl groups is 1. The minimum absolute atomic E-state index is 0.302.